The highest BCUT2D eigenvalue weighted by molar-refractivity contribution is 14.0. The summed E-state index contributed by atoms with van der Waals surface area (Å²) in [5.74, 6) is 0.335. The fourth-order valence-electron chi connectivity index (χ4n) is 1.96. The first-order valence-electron chi connectivity index (χ1n) is 6.26. The minimum atomic E-state index is -4.13. The van der Waals surface area contributed by atoms with Crippen LogP contribution in [-0.4, -0.2) is 49.3 Å². The molecule has 1 fully saturated rings. The zero-order chi connectivity index (χ0) is 13.6. The zero-order valence-corrected chi connectivity index (χ0v) is 13.4. The Hall–Kier alpha value is -0.250. The summed E-state index contributed by atoms with van der Waals surface area (Å²) >= 11 is 0. The van der Waals surface area contributed by atoms with Crippen molar-refractivity contribution < 1.29 is 13.2 Å². The van der Waals surface area contributed by atoms with Gasteiger partial charge in [-0.15, -0.1) is 24.0 Å². The normalized spacial score (nSPS) is 21.3. The number of unbranched alkanes of at least 4 members (excludes halogenated alkanes) is 1. The van der Waals surface area contributed by atoms with Crippen LogP contribution in [0.15, 0.2) is 4.99 Å². The first-order chi connectivity index (χ1) is 8.40. The Balaban J connectivity index is 0.00000324. The Bertz CT molecular complexity index is 284. The molecule has 1 heterocycles. The van der Waals surface area contributed by atoms with Gasteiger partial charge in [0.15, 0.2) is 5.96 Å². The molecule has 1 saturated heterocycles. The van der Waals surface area contributed by atoms with Crippen molar-refractivity contribution in [2.24, 2.45) is 10.7 Å². The number of nitrogens with zero attached hydrogens (tertiary/aromatic N) is 2. The average Bonchev–Trinajstić information content (AvgIpc) is 2.63. The molecule has 0 amide bonds. The van der Waals surface area contributed by atoms with Crippen LogP contribution in [0.2, 0.25) is 0 Å². The molecule has 19 heavy (non-hydrogen) atoms. The summed E-state index contributed by atoms with van der Waals surface area (Å²) in [4.78, 5) is 5.51. The Labute approximate surface area is 129 Å². The van der Waals surface area contributed by atoms with Crippen molar-refractivity contribution >= 4 is 29.9 Å². The molecule has 0 aromatic heterocycles. The summed E-state index contributed by atoms with van der Waals surface area (Å²) < 4.78 is 36.6. The Morgan fingerprint density at radius 3 is 2.74 bits per heavy atom. The lowest BCUT2D eigenvalue weighted by Gasteiger charge is -2.18. The van der Waals surface area contributed by atoms with Gasteiger partial charge in [-0.25, -0.2) is 0 Å². The van der Waals surface area contributed by atoms with Crippen LogP contribution in [0.25, 0.3) is 0 Å². The largest absolute Gasteiger partial charge is 0.401 e. The van der Waals surface area contributed by atoms with E-state index in [1.807, 2.05) is 0 Å². The van der Waals surface area contributed by atoms with Gasteiger partial charge in [0.25, 0.3) is 0 Å². The summed E-state index contributed by atoms with van der Waals surface area (Å²) in [5.41, 5.74) is 5.67. The number of guanidine groups is 1. The van der Waals surface area contributed by atoms with Gasteiger partial charge in [-0.3, -0.25) is 9.89 Å². The molecular weight excluding hydrogens is 372 g/mol. The van der Waals surface area contributed by atoms with E-state index in [1.165, 1.54) is 4.90 Å². The van der Waals surface area contributed by atoms with Gasteiger partial charge in [0, 0.05) is 25.7 Å². The molecule has 0 saturated carbocycles. The number of alkyl halides is 3. The second-order valence-corrected chi connectivity index (χ2v) is 4.60. The predicted octanol–water partition coefficient (Wildman–Crippen LogP) is 1.95. The second-order valence-electron chi connectivity index (χ2n) is 4.60. The van der Waals surface area contributed by atoms with Crippen molar-refractivity contribution in [1.29, 1.82) is 0 Å². The summed E-state index contributed by atoms with van der Waals surface area (Å²) in [6, 6.07) is -0.0299. The van der Waals surface area contributed by atoms with Crippen LogP contribution in [-0.2, 0) is 0 Å². The number of halogens is 4. The number of hydrogen-bond acceptors (Lipinski definition) is 2. The van der Waals surface area contributed by atoms with Crippen LogP contribution < -0.4 is 11.1 Å². The van der Waals surface area contributed by atoms with E-state index in [0.29, 0.717) is 32.0 Å². The molecule has 0 bridgehead atoms. The third kappa shape index (κ3) is 8.51. The predicted molar refractivity (Wildman–Crippen MR) is 80.8 cm³/mol. The van der Waals surface area contributed by atoms with Crippen molar-refractivity contribution in [3.63, 3.8) is 0 Å². The van der Waals surface area contributed by atoms with E-state index >= 15 is 0 Å². The van der Waals surface area contributed by atoms with Gasteiger partial charge in [-0.1, -0.05) is 13.3 Å². The van der Waals surface area contributed by atoms with E-state index in [2.05, 4.69) is 17.2 Å². The number of likely N-dealkylation sites (tertiary alicyclic amines) is 1. The van der Waals surface area contributed by atoms with E-state index < -0.39 is 12.7 Å². The molecule has 0 aliphatic carbocycles. The maximum absolute atomic E-state index is 12.2. The minimum Gasteiger partial charge on any atom is -0.370 e. The molecule has 8 heteroatoms. The Morgan fingerprint density at radius 1 is 1.47 bits per heavy atom. The van der Waals surface area contributed by atoms with Crippen LogP contribution in [0.5, 0.6) is 0 Å². The maximum Gasteiger partial charge on any atom is 0.401 e. The molecule has 1 aliphatic heterocycles. The monoisotopic (exact) mass is 394 g/mol. The smallest absolute Gasteiger partial charge is 0.370 e. The molecule has 0 spiro atoms. The van der Waals surface area contributed by atoms with Crippen LogP contribution in [0.1, 0.15) is 26.2 Å². The number of hydrogen-bond donors (Lipinski definition) is 2. The van der Waals surface area contributed by atoms with Crippen molar-refractivity contribution in [3.05, 3.63) is 0 Å². The molecule has 3 N–H and O–H groups in total. The maximum atomic E-state index is 12.2. The highest BCUT2D eigenvalue weighted by atomic mass is 127. The zero-order valence-electron chi connectivity index (χ0n) is 11.0. The standard InChI is InChI=1S/C11H21F3N4.HI/c1-2-3-5-16-10(15)17-9-4-6-18(7-9)8-11(12,13)14;/h9H,2-8H2,1H3,(H3,15,16,17);1H. The third-order valence-electron chi connectivity index (χ3n) is 2.82. The average molecular weight is 394 g/mol. The van der Waals surface area contributed by atoms with Gasteiger partial charge >= 0.3 is 6.18 Å². The lowest BCUT2D eigenvalue weighted by molar-refractivity contribution is -0.143. The van der Waals surface area contributed by atoms with Crippen LogP contribution >= 0.6 is 24.0 Å². The molecule has 0 aromatic rings. The van der Waals surface area contributed by atoms with E-state index in [-0.39, 0.29) is 30.0 Å². The summed E-state index contributed by atoms with van der Waals surface area (Å²) in [6.45, 7) is 2.68. The molecule has 1 aliphatic rings. The van der Waals surface area contributed by atoms with E-state index in [4.69, 9.17) is 5.73 Å². The molecule has 1 atom stereocenters. The first-order valence-corrected chi connectivity index (χ1v) is 6.26. The molecule has 1 rings (SSSR count). The lowest BCUT2D eigenvalue weighted by Crippen LogP contribution is -2.42. The van der Waals surface area contributed by atoms with Gasteiger partial charge < -0.3 is 11.1 Å². The van der Waals surface area contributed by atoms with E-state index in [9.17, 15) is 13.2 Å². The Kier molecular flexibility index (Phi) is 8.71. The molecule has 0 radical (unpaired) electrons. The fourth-order valence-corrected chi connectivity index (χ4v) is 1.96. The van der Waals surface area contributed by atoms with Gasteiger partial charge in [0.1, 0.15) is 0 Å². The van der Waals surface area contributed by atoms with E-state index in [1.54, 1.807) is 0 Å². The highest BCUT2D eigenvalue weighted by Crippen LogP contribution is 2.19. The number of aliphatic imine (C=N–C) groups is 1. The van der Waals surface area contributed by atoms with E-state index in [0.717, 1.165) is 12.8 Å². The SMILES string of the molecule is CCCCN=C(N)NC1CCN(CC(F)(F)F)C1.I. The van der Waals surface area contributed by atoms with Crippen molar-refractivity contribution in [3.8, 4) is 0 Å². The molecule has 1 unspecified atom stereocenters. The number of nitrogens with one attached hydrogen (secondary N) is 1. The van der Waals surface area contributed by atoms with Gasteiger partial charge in [0.2, 0.25) is 0 Å². The van der Waals surface area contributed by atoms with Gasteiger partial charge in [-0.05, 0) is 12.8 Å². The van der Waals surface area contributed by atoms with Crippen LogP contribution in [0.4, 0.5) is 13.2 Å². The lowest BCUT2D eigenvalue weighted by atomic mass is 10.3. The molecule has 0 aromatic carbocycles. The molecule has 114 valence electrons. The summed E-state index contributed by atoms with van der Waals surface area (Å²) in [5, 5.41) is 2.97. The van der Waals surface area contributed by atoms with Crippen LogP contribution in [0, 0.1) is 0 Å². The third-order valence-corrected chi connectivity index (χ3v) is 2.82. The Morgan fingerprint density at radius 2 is 2.16 bits per heavy atom. The molecular formula is C11H22F3IN4. The first kappa shape index (κ1) is 18.8. The van der Waals surface area contributed by atoms with Crippen molar-refractivity contribution in [1.82, 2.24) is 10.2 Å². The van der Waals surface area contributed by atoms with Crippen molar-refractivity contribution in [2.45, 2.75) is 38.4 Å². The van der Waals surface area contributed by atoms with Gasteiger partial charge in [-0.2, -0.15) is 13.2 Å². The quantitative estimate of drug-likeness (QED) is 0.325. The number of rotatable bonds is 5. The minimum absolute atomic E-state index is 0. The fraction of sp³-hybridized carbons (Fsp3) is 0.909. The second kappa shape index (κ2) is 8.83. The summed E-state index contributed by atoms with van der Waals surface area (Å²) in [7, 11) is 0. The van der Waals surface area contributed by atoms with Gasteiger partial charge in [0.05, 0.1) is 6.54 Å². The highest BCUT2D eigenvalue weighted by Gasteiger charge is 2.34. The van der Waals surface area contributed by atoms with Crippen molar-refractivity contribution in [2.75, 3.05) is 26.2 Å². The topological polar surface area (TPSA) is 53.6 Å². The van der Waals surface area contributed by atoms with Crippen LogP contribution in [0.3, 0.4) is 0 Å². The summed E-state index contributed by atoms with van der Waals surface area (Å²) in [6.07, 6.45) is -1.46. The molecule has 4 nitrogen and oxygen atoms in total. The number of nitrogens with two attached hydrogens (primary N) is 1.